The van der Waals surface area contributed by atoms with Gasteiger partial charge < -0.3 is 10.6 Å². The SMILES string of the molecule is CC(C)CNC(=O)CNC(=O)C1=NNC(=O)CC1. The van der Waals surface area contributed by atoms with Crippen molar-refractivity contribution in [2.24, 2.45) is 11.0 Å². The van der Waals surface area contributed by atoms with Gasteiger partial charge >= 0.3 is 0 Å². The van der Waals surface area contributed by atoms with E-state index < -0.39 is 5.91 Å². The molecule has 100 valence electrons. The van der Waals surface area contributed by atoms with Crippen molar-refractivity contribution in [3.63, 3.8) is 0 Å². The summed E-state index contributed by atoms with van der Waals surface area (Å²) in [5, 5.41) is 8.78. The van der Waals surface area contributed by atoms with Crippen molar-refractivity contribution in [2.45, 2.75) is 26.7 Å². The summed E-state index contributed by atoms with van der Waals surface area (Å²) in [6, 6.07) is 0. The maximum absolute atomic E-state index is 11.6. The normalized spacial score (nSPS) is 14.8. The first-order valence-corrected chi connectivity index (χ1v) is 5.89. The molecule has 0 spiro atoms. The summed E-state index contributed by atoms with van der Waals surface area (Å²) >= 11 is 0. The lowest BCUT2D eigenvalue weighted by Gasteiger charge is -2.12. The molecule has 0 aliphatic carbocycles. The van der Waals surface area contributed by atoms with Crippen LogP contribution in [-0.2, 0) is 14.4 Å². The minimum atomic E-state index is -0.422. The summed E-state index contributed by atoms with van der Waals surface area (Å²) in [5.74, 6) is -0.504. The lowest BCUT2D eigenvalue weighted by atomic mass is 10.1. The molecule has 0 aromatic rings. The molecule has 0 atom stereocenters. The van der Waals surface area contributed by atoms with Crippen LogP contribution in [-0.4, -0.2) is 36.5 Å². The maximum Gasteiger partial charge on any atom is 0.267 e. The molecule has 1 aliphatic rings. The third kappa shape index (κ3) is 4.94. The molecular formula is C11H18N4O3. The molecule has 18 heavy (non-hydrogen) atoms. The quantitative estimate of drug-likeness (QED) is 0.595. The van der Waals surface area contributed by atoms with Crippen molar-refractivity contribution in [3.8, 4) is 0 Å². The number of carbonyl (C=O) groups excluding carboxylic acids is 3. The van der Waals surface area contributed by atoms with Crippen molar-refractivity contribution >= 4 is 23.4 Å². The van der Waals surface area contributed by atoms with Gasteiger partial charge in [0, 0.05) is 19.4 Å². The molecule has 3 amide bonds. The number of hydrazone groups is 1. The molecule has 0 saturated carbocycles. The van der Waals surface area contributed by atoms with Crippen LogP contribution in [0.3, 0.4) is 0 Å². The highest BCUT2D eigenvalue weighted by Gasteiger charge is 2.18. The Kier molecular flexibility index (Phi) is 5.29. The van der Waals surface area contributed by atoms with Gasteiger partial charge in [-0.1, -0.05) is 13.8 Å². The molecular weight excluding hydrogens is 236 g/mol. The van der Waals surface area contributed by atoms with Gasteiger partial charge in [-0.25, -0.2) is 5.43 Å². The van der Waals surface area contributed by atoms with Crippen molar-refractivity contribution in [1.82, 2.24) is 16.1 Å². The molecule has 0 aromatic carbocycles. The van der Waals surface area contributed by atoms with Crippen LogP contribution in [0.4, 0.5) is 0 Å². The van der Waals surface area contributed by atoms with E-state index in [2.05, 4.69) is 21.2 Å². The van der Waals surface area contributed by atoms with Crippen LogP contribution in [0.2, 0.25) is 0 Å². The van der Waals surface area contributed by atoms with Crippen LogP contribution in [0, 0.1) is 5.92 Å². The predicted octanol–water partition coefficient (Wildman–Crippen LogP) is -0.859. The molecule has 1 aliphatic heterocycles. The van der Waals surface area contributed by atoms with Gasteiger partial charge in [-0.15, -0.1) is 0 Å². The first-order valence-electron chi connectivity index (χ1n) is 5.89. The van der Waals surface area contributed by atoms with Crippen molar-refractivity contribution in [2.75, 3.05) is 13.1 Å². The zero-order valence-electron chi connectivity index (χ0n) is 10.6. The summed E-state index contributed by atoms with van der Waals surface area (Å²) in [4.78, 5) is 33.8. The highest BCUT2D eigenvalue weighted by molar-refractivity contribution is 6.39. The number of nitrogens with zero attached hydrogens (tertiary/aromatic N) is 1. The number of nitrogens with one attached hydrogen (secondary N) is 3. The first-order chi connectivity index (χ1) is 8.49. The van der Waals surface area contributed by atoms with E-state index in [0.29, 0.717) is 18.9 Å². The molecule has 0 unspecified atom stereocenters. The van der Waals surface area contributed by atoms with Crippen LogP contribution < -0.4 is 16.1 Å². The van der Waals surface area contributed by atoms with Gasteiger partial charge in [-0.05, 0) is 5.92 Å². The van der Waals surface area contributed by atoms with E-state index in [-0.39, 0.29) is 30.5 Å². The Morgan fingerprint density at radius 1 is 1.33 bits per heavy atom. The summed E-state index contributed by atoms with van der Waals surface area (Å²) in [6.07, 6.45) is 0.539. The van der Waals surface area contributed by atoms with Crippen LogP contribution >= 0.6 is 0 Å². The average Bonchev–Trinajstić information content (AvgIpc) is 2.34. The zero-order chi connectivity index (χ0) is 13.5. The highest BCUT2D eigenvalue weighted by atomic mass is 16.2. The van der Waals surface area contributed by atoms with Gasteiger partial charge in [-0.2, -0.15) is 5.10 Å². The minimum absolute atomic E-state index is 0.0848. The Bertz CT molecular complexity index is 376. The van der Waals surface area contributed by atoms with Crippen LogP contribution in [0.1, 0.15) is 26.7 Å². The summed E-state index contributed by atoms with van der Waals surface area (Å²) in [5.41, 5.74) is 2.47. The van der Waals surface area contributed by atoms with Gasteiger partial charge in [0.15, 0.2) is 0 Å². The van der Waals surface area contributed by atoms with Crippen LogP contribution in [0.25, 0.3) is 0 Å². The molecule has 0 fully saturated rings. The molecule has 0 radical (unpaired) electrons. The van der Waals surface area contributed by atoms with E-state index in [1.165, 1.54) is 0 Å². The van der Waals surface area contributed by atoms with Crippen molar-refractivity contribution in [3.05, 3.63) is 0 Å². The van der Waals surface area contributed by atoms with Gasteiger partial charge in [0.1, 0.15) is 5.71 Å². The summed E-state index contributed by atoms with van der Waals surface area (Å²) in [7, 11) is 0. The molecule has 0 bridgehead atoms. The third-order valence-electron chi connectivity index (χ3n) is 2.28. The molecule has 7 nitrogen and oxygen atoms in total. The van der Waals surface area contributed by atoms with E-state index in [1.807, 2.05) is 13.8 Å². The van der Waals surface area contributed by atoms with Gasteiger partial charge in [-0.3, -0.25) is 14.4 Å². The third-order valence-corrected chi connectivity index (χ3v) is 2.28. The molecule has 0 saturated heterocycles. The van der Waals surface area contributed by atoms with Crippen molar-refractivity contribution in [1.29, 1.82) is 0 Å². The first kappa shape index (κ1) is 14.1. The topological polar surface area (TPSA) is 99.7 Å². The second-order valence-corrected chi connectivity index (χ2v) is 4.47. The van der Waals surface area contributed by atoms with E-state index in [4.69, 9.17) is 0 Å². The monoisotopic (exact) mass is 254 g/mol. The number of hydrogen-bond donors (Lipinski definition) is 3. The van der Waals surface area contributed by atoms with E-state index in [1.54, 1.807) is 0 Å². The maximum atomic E-state index is 11.6. The standard InChI is InChI=1S/C11H18N4O3/c1-7(2)5-12-10(17)6-13-11(18)8-3-4-9(16)15-14-8/h7H,3-6H2,1-2H3,(H,12,17)(H,13,18)(H,15,16). The highest BCUT2D eigenvalue weighted by Crippen LogP contribution is 1.99. The van der Waals surface area contributed by atoms with Crippen LogP contribution in [0.5, 0.6) is 0 Å². The lowest BCUT2D eigenvalue weighted by Crippen LogP contribution is -2.42. The Hall–Kier alpha value is -1.92. The van der Waals surface area contributed by atoms with Crippen molar-refractivity contribution < 1.29 is 14.4 Å². The Morgan fingerprint density at radius 3 is 2.61 bits per heavy atom. The number of hydrogen-bond acceptors (Lipinski definition) is 4. The molecule has 1 heterocycles. The second kappa shape index (κ2) is 6.73. The fraction of sp³-hybridized carbons (Fsp3) is 0.636. The second-order valence-electron chi connectivity index (χ2n) is 4.47. The minimum Gasteiger partial charge on any atom is -0.354 e. The van der Waals surface area contributed by atoms with Crippen LogP contribution in [0.15, 0.2) is 5.10 Å². The average molecular weight is 254 g/mol. The zero-order valence-corrected chi connectivity index (χ0v) is 10.6. The van der Waals surface area contributed by atoms with Gasteiger partial charge in [0.2, 0.25) is 11.8 Å². The van der Waals surface area contributed by atoms with Gasteiger partial charge in [0.25, 0.3) is 5.91 Å². The fourth-order valence-corrected chi connectivity index (χ4v) is 1.28. The van der Waals surface area contributed by atoms with E-state index >= 15 is 0 Å². The molecule has 1 rings (SSSR count). The molecule has 7 heteroatoms. The smallest absolute Gasteiger partial charge is 0.267 e. The lowest BCUT2D eigenvalue weighted by molar-refractivity contribution is -0.124. The number of carbonyl (C=O) groups is 3. The molecule has 3 N–H and O–H groups in total. The molecule has 0 aromatic heterocycles. The Balaban J connectivity index is 2.28. The van der Waals surface area contributed by atoms with E-state index in [0.717, 1.165) is 0 Å². The Labute approximate surface area is 105 Å². The largest absolute Gasteiger partial charge is 0.354 e. The predicted molar refractivity (Wildman–Crippen MR) is 65.7 cm³/mol. The Morgan fingerprint density at radius 2 is 2.06 bits per heavy atom. The van der Waals surface area contributed by atoms with Gasteiger partial charge in [0.05, 0.1) is 6.54 Å². The number of amides is 3. The summed E-state index contributed by atoms with van der Waals surface area (Å²) < 4.78 is 0. The fourth-order valence-electron chi connectivity index (χ4n) is 1.28. The van der Waals surface area contributed by atoms with E-state index in [9.17, 15) is 14.4 Å². The number of rotatable bonds is 5. The summed E-state index contributed by atoms with van der Waals surface area (Å²) in [6.45, 7) is 4.46.